The van der Waals surface area contributed by atoms with E-state index in [0.717, 1.165) is 10.8 Å². The zero-order valence-corrected chi connectivity index (χ0v) is 8.88. The van der Waals surface area contributed by atoms with Gasteiger partial charge in [0.05, 0.1) is 0 Å². The van der Waals surface area contributed by atoms with E-state index in [1.807, 2.05) is 0 Å². The number of rotatable bonds is 0. The molecule has 0 heterocycles. The van der Waals surface area contributed by atoms with Crippen LogP contribution in [-0.2, 0) is 0 Å². The molecule has 0 atom stereocenters. The monoisotopic (exact) mass is 226 g/mol. The fraction of sp³-hybridized carbons (Fsp3) is 0. The van der Waals surface area contributed by atoms with Crippen molar-refractivity contribution in [1.29, 1.82) is 0 Å². The minimum absolute atomic E-state index is 0.154. The normalized spacial score (nSPS) is 11.1. The Morgan fingerprint density at radius 2 is 1.41 bits per heavy atom. The molecule has 3 aromatic carbocycles. The first-order chi connectivity index (χ1) is 8.18. The second-order valence-electron chi connectivity index (χ2n) is 3.97. The Bertz CT molecular complexity index is 732. The van der Waals surface area contributed by atoms with Crippen LogP contribution < -0.4 is 0 Å². The molecule has 0 radical (unpaired) electrons. The predicted octanol–water partition coefficient (Wildman–Crippen LogP) is 3.11. The molecule has 17 heavy (non-hydrogen) atoms. The summed E-state index contributed by atoms with van der Waals surface area (Å²) in [5.74, 6) is -0.154. The number of hydrogen-bond donors (Lipinski definition) is 3. The molecule has 0 aliphatic carbocycles. The minimum atomic E-state index is -0.159. The summed E-state index contributed by atoms with van der Waals surface area (Å²) in [6, 6.07) is 11.9. The Balaban J connectivity index is 2.63. The average molecular weight is 226 g/mol. The van der Waals surface area contributed by atoms with Crippen molar-refractivity contribution < 1.29 is 15.3 Å². The average Bonchev–Trinajstić information content (AvgIpc) is 2.34. The van der Waals surface area contributed by atoms with E-state index in [-0.39, 0.29) is 17.2 Å². The summed E-state index contributed by atoms with van der Waals surface area (Å²) in [5.41, 5.74) is 0. The van der Waals surface area contributed by atoms with Crippen LogP contribution in [-0.4, -0.2) is 15.3 Å². The molecule has 0 amide bonds. The summed E-state index contributed by atoms with van der Waals surface area (Å²) in [5, 5.41) is 31.9. The van der Waals surface area contributed by atoms with Crippen LogP contribution in [0.25, 0.3) is 21.5 Å². The van der Waals surface area contributed by atoms with Crippen LogP contribution >= 0.6 is 0 Å². The van der Waals surface area contributed by atoms with Crippen LogP contribution in [0.15, 0.2) is 42.5 Å². The van der Waals surface area contributed by atoms with Crippen molar-refractivity contribution in [2.24, 2.45) is 0 Å². The fourth-order valence-corrected chi connectivity index (χ4v) is 2.14. The highest BCUT2D eigenvalue weighted by Crippen LogP contribution is 2.39. The molecule has 0 aliphatic rings. The predicted molar refractivity (Wildman–Crippen MR) is 66.4 cm³/mol. The zero-order chi connectivity index (χ0) is 12.0. The topological polar surface area (TPSA) is 60.7 Å². The molecule has 0 saturated heterocycles. The van der Waals surface area contributed by atoms with Gasteiger partial charge in [-0.05, 0) is 22.9 Å². The largest absolute Gasteiger partial charge is 0.507 e. The zero-order valence-electron chi connectivity index (χ0n) is 8.88. The lowest BCUT2D eigenvalue weighted by molar-refractivity contribution is 0.408. The van der Waals surface area contributed by atoms with Crippen molar-refractivity contribution in [3.63, 3.8) is 0 Å². The van der Waals surface area contributed by atoms with Gasteiger partial charge in [0.2, 0.25) is 0 Å². The van der Waals surface area contributed by atoms with E-state index in [1.54, 1.807) is 36.4 Å². The Labute approximate surface area is 97.2 Å². The van der Waals surface area contributed by atoms with Gasteiger partial charge in [-0.2, -0.15) is 0 Å². The number of phenols is 3. The van der Waals surface area contributed by atoms with Gasteiger partial charge in [0, 0.05) is 10.8 Å². The minimum Gasteiger partial charge on any atom is -0.507 e. The summed E-state index contributed by atoms with van der Waals surface area (Å²) in [4.78, 5) is 0. The third kappa shape index (κ3) is 1.29. The molecule has 3 nitrogen and oxygen atoms in total. The van der Waals surface area contributed by atoms with Gasteiger partial charge in [-0.3, -0.25) is 0 Å². The highest BCUT2D eigenvalue weighted by atomic mass is 16.3. The lowest BCUT2D eigenvalue weighted by atomic mass is 10.0. The van der Waals surface area contributed by atoms with Crippen LogP contribution in [0.4, 0.5) is 0 Å². The number of benzene rings is 3. The molecule has 0 bridgehead atoms. The van der Waals surface area contributed by atoms with Crippen LogP contribution in [0.5, 0.6) is 17.2 Å². The summed E-state index contributed by atoms with van der Waals surface area (Å²) < 4.78 is 0. The van der Waals surface area contributed by atoms with Gasteiger partial charge < -0.3 is 15.3 Å². The Kier molecular flexibility index (Phi) is 1.89. The molecule has 84 valence electrons. The first-order valence-corrected chi connectivity index (χ1v) is 5.24. The molecule has 0 saturated carbocycles. The van der Waals surface area contributed by atoms with Gasteiger partial charge in [0.15, 0.2) is 11.5 Å². The first-order valence-electron chi connectivity index (χ1n) is 5.24. The molecule has 0 unspecified atom stereocenters. The number of aromatic hydroxyl groups is 3. The van der Waals surface area contributed by atoms with Gasteiger partial charge >= 0.3 is 0 Å². The van der Waals surface area contributed by atoms with E-state index in [1.165, 1.54) is 6.07 Å². The Morgan fingerprint density at radius 1 is 0.647 bits per heavy atom. The standard InChI is InChI=1S/C14H10O3/c15-11-3-1-2-10-9(11)6-4-8-5-7-12(16)14(17)13(8)10/h1-7,15-17H. The molecule has 0 fully saturated rings. The second-order valence-corrected chi connectivity index (χ2v) is 3.97. The SMILES string of the molecule is Oc1ccc2ccc3c(O)cccc3c2c1O. The van der Waals surface area contributed by atoms with Crippen molar-refractivity contribution in [2.75, 3.05) is 0 Å². The van der Waals surface area contributed by atoms with E-state index >= 15 is 0 Å². The van der Waals surface area contributed by atoms with Crippen molar-refractivity contribution in [3.05, 3.63) is 42.5 Å². The fourth-order valence-electron chi connectivity index (χ4n) is 2.14. The summed E-state index contributed by atoms with van der Waals surface area (Å²) in [6.07, 6.45) is 0. The second kappa shape index (κ2) is 3.28. The molecule has 3 rings (SSSR count). The van der Waals surface area contributed by atoms with Gasteiger partial charge in [-0.25, -0.2) is 0 Å². The number of hydrogen-bond acceptors (Lipinski definition) is 3. The molecular formula is C14H10O3. The Hall–Kier alpha value is -2.42. The Morgan fingerprint density at radius 3 is 2.24 bits per heavy atom. The lowest BCUT2D eigenvalue weighted by Crippen LogP contribution is -1.80. The lowest BCUT2D eigenvalue weighted by Gasteiger charge is -2.08. The smallest absolute Gasteiger partial charge is 0.166 e. The van der Waals surface area contributed by atoms with E-state index in [9.17, 15) is 15.3 Å². The maximum atomic E-state index is 9.92. The quantitative estimate of drug-likeness (QED) is 0.407. The summed E-state index contributed by atoms with van der Waals surface area (Å²) >= 11 is 0. The van der Waals surface area contributed by atoms with Crippen molar-refractivity contribution in [3.8, 4) is 17.2 Å². The maximum absolute atomic E-state index is 9.92. The number of fused-ring (bicyclic) bond motifs is 3. The van der Waals surface area contributed by atoms with E-state index in [2.05, 4.69) is 0 Å². The number of phenolic OH excluding ortho intramolecular Hbond substituents is 3. The molecule has 0 spiro atoms. The van der Waals surface area contributed by atoms with E-state index in [0.29, 0.717) is 10.8 Å². The molecule has 3 N–H and O–H groups in total. The highest BCUT2D eigenvalue weighted by Gasteiger charge is 2.10. The van der Waals surface area contributed by atoms with Crippen LogP contribution in [0.3, 0.4) is 0 Å². The van der Waals surface area contributed by atoms with Gasteiger partial charge in [-0.15, -0.1) is 0 Å². The molecule has 0 aromatic heterocycles. The van der Waals surface area contributed by atoms with Crippen LogP contribution in [0.2, 0.25) is 0 Å². The van der Waals surface area contributed by atoms with Gasteiger partial charge in [0.25, 0.3) is 0 Å². The third-order valence-electron chi connectivity index (χ3n) is 2.97. The maximum Gasteiger partial charge on any atom is 0.166 e. The van der Waals surface area contributed by atoms with Crippen LogP contribution in [0, 0.1) is 0 Å². The summed E-state index contributed by atoms with van der Waals surface area (Å²) in [7, 11) is 0. The molecule has 0 aliphatic heterocycles. The van der Waals surface area contributed by atoms with Crippen LogP contribution in [0.1, 0.15) is 0 Å². The highest BCUT2D eigenvalue weighted by molar-refractivity contribution is 6.12. The third-order valence-corrected chi connectivity index (χ3v) is 2.97. The summed E-state index contributed by atoms with van der Waals surface area (Å²) in [6.45, 7) is 0. The molecule has 3 heteroatoms. The van der Waals surface area contributed by atoms with E-state index in [4.69, 9.17) is 0 Å². The van der Waals surface area contributed by atoms with E-state index < -0.39 is 0 Å². The molecular weight excluding hydrogens is 216 g/mol. The van der Waals surface area contributed by atoms with Crippen molar-refractivity contribution >= 4 is 21.5 Å². The van der Waals surface area contributed by atoms with Crippen molar-refractivity contribution in [2.45, 2.75) is 0 Å². The molecule has 3 aromatic rings. The van der Waals surface area contributed by atoms with Gasteiger partial charge in [0.1, 0.15) is 5.75 Å². The first kappa shape index (κ1) is 9.78. The van der Waals surface area contributed by atoms with Gasteiger partial charge in [-0.1, -0.05) is 30.3 Å². The van der Waals surface area contributed by atoms with Crippen molar-refractivity contribution in [1.82, 2.24) is 0 Å².